The van der Waals surface area contributed by atoms with Gasteiger partial charge in [-0.1, -0.05) is 23.7 Å². The number of hydrogen-bond acceptors (Lipinski definition) is 4. The summed E-state index contributed by atoms with van der Waals surface area (Å²) < 4.78 is 0. The van der Waals surface area contributed by atoms with Crippen molar-refractivity contribution in [2.75, 3.05) is 25.0 Å². The van der Waals surface area contributed by atoms with Gasteiger partial charge in [-0.25, -0.2) is 4.79 Å². The minimum atomic E-state index is -0.0473. The number of amides is 2. The van der Waals surface area contributed by atoms with Crippen LogP contribution in [0.2, 0.25) is 5.02 Å². The van der Waals surface area contributed by atoms with Gasteiger partial charge in [-0.3, -0.25) is 0 Å². The van der Waals surface area contributed by atoms with Gasteiger partial charge in [0.15, 0.2) is 5.82 Å². The number of hydrogen-bond donors (Lipinski definition) is 1. The van der Waals surface area contributed by atoms with Gasteiger partial charge >= 0.3 is 6.03 Å². The maximum Gasteiger partial charge on any atom is 0.317 e. The number of nitrogens with one attached hydrogen (secondary N) is 1. The van der Waals surface area contributed by atoms with Crippen LogP contribution in [0.15, 0.2) is 36.5 Å². The highest BCUT2D eigenvalue weighted by Crippen LogP contribution is 2.43. The van der Waals surface area contributed by atoms with E-state index in [1.165, 1.54) is 18.4 Å². The molecule has 28 heavy (non-hydrogen) atoms. The van der Waals surface area contributed by atoms with Crippen molar-refractivity contribution in [3.63, 3.8) is 0 Å². The first-order valence-electron chi connectivity index (χ1n) is 9.93. The quantitative estimate of drug-likeness (QED) is 0.830. The fraction of sp³-hybridized carbons (Fsp3) is 0.476. The maximum atomic E-state index is 12.7. The lowest BCUT2D eigenvalue weighted by Gasteiger charge is -2.38. The van der Waals surface area contributed by atoms with Crippen LogP contribution in [-0.4, -0.2) is 47.3 Å². The molecule has 1 atom stereocenters. The van der Waals surface area contributed by atoms with Gasteiger partial charge in [0.1, 0.15) is 0 Å². The molecule has 1 aromatic carbocycles. The Kier molecular flexibility index (Phi) is 5.67. The van der Waals surface area contributed by atoms with Crippen LogP contribution >= 0.6 is 11.6 Å². The smallest absolute Gasteiger partial charge is 0.317 e. The molecule has 2 amide bonds. The maximum absolute atomic E-state index is 12.7. The number of benzene rings is 1. The van der Waals surface area contributed by atoms with Gasteiger partial charge in [-0.15, -0.1) is 5.10 Å². The van der Waals surface area contributed by atoms with Crippen molar-refractivity contribution in [3.8, 4) is 0 Å². The van der Waals surface area contributed by atoms with Gasteiger partial charge in [0.2, 0.25) is 0 Å². The molecular formula is C21H26ClN5O. The highest BCUT2D eigenvalue weighted by Gasteiger charge is 2.28. The first-order valence-corrected chi connectivity index (χ1v) is 10.3. The Labute approximate surface area is 170 Å². The summed E-state index contributed by atoms with van der Waals surface area (Å²) >= 11 is 6.30. The summed E-state index contributed by atoms with van der Waals surface area (Å²) in [6.07, 6.45) is 6.12. The van der Waals surface area contributed by atoms with E-state index in [9.17, 15) is 4.79 Å². The third-order valence-electron chi connectivity index (χ3n) is 5.67. The average molecular weight is 400 g/mol. The highest BCUT2D eigenvalue weighted by atomic mass is 35.5. The Hall–Kier alpha value is -2.34. The number of rotatable bonds is 5. The summed E-state index contributed by atoms with van der Waals surface area (Å²) in [5, 5.41) is 12.0. The molecule has 1 aliphatic carbocycles. The monoisotopic (exact) mass is 399 g/mol. The van der Waals surface area contributed by atoms with E-state index < -0.39 is 0 Å². The fourth-order valence-electron chi connectivity index (χ4n) is 3.82. The zero-order valence-corrected chi connectivity index (χ0v) is 16.9. The first kappa shape index (κ1) is 19.0. The van der Waals surface area contributed by atoms with Crippen LogP contribution in [0.3, 0.4) is 0 Å². The molecule has 1 aliphatic heterocycles. The van der Waals surface area contributed by atoms with Gasteiger partial charge in [0.25, 0.3) is 0 Å². The third kappa shape index (κ3) is 4.38. The molecule has 4 rings (SSSR count). The lowest BCUT2D eigenvalue weighted by atomic mass is 10.0. The normalized spacial score (nSPS) is 19.4. The molecule has 148 valence electrons. The summed E-state index contributed by atoms with van der Waals surface area (Å²) in [5.74, 6) is 1.47. The molecule has 0 radical (unpaired) electrons. The standard InChI is InChI=1S/C21H26ClN5O/c1-26(17-4-3-11-27(14-17)20-5-2-10-24-25-20)21(28)23-13-15-6-9-19(22)18(12-15)16-7-8-16/h2,5-6,9-10,12,16-17H,3-4,7-8,11,13-14H2,1H3,(H,23,28)/t17-/m1/s1. The van der Waals surface area contributed by atoms with E-state index in [2.05, 4.69) is 26.5 Å². The molecule has 0 bridgehead atoms. The van der Waals surface area contributed by atoms with Gasteiger partial charge in [-0.05, 0) is 60.9 Å². The summed E-state index contributed by atoms with van der Waals surface area (Å²) in [6.45, 7) is 2.23. The van der Waals surface area contributed by atoms with Crippen molar-refractivity contribution < 1.29 is 4.79 Å². The van der Waals surface area contributed by atoms with E-state index in [1.54, 1.807) is 6.20 Å². The molecule has 1 saturated carbocycles. The van der Waals surface area contributed by atoms with Crippen LogP contribution < -0.4 is 10.2 Å². The molecule has 0 unspecified atom stereocenters. The SMILES string of the molecule is CN(C(=O)NCc1ccc(Cl)c(C2CC2)c1)[C@@H]1CCCN(c2cccnn2)C1. The van der Waals surface area contributed by atoms with E-state index in [0.29, 0.717) is 12.5 Å². The van der Waals surface area contributed by atoms with E-state index >= 15 is 0 Å². The van der Waals surface area contributed by atoms with Crippen LogP contribution in [-0.2, 0) is 6.54 Å². The minimum Gasteiger partial charge on any atom is -0.353 e. The topological polar surface area (TPSA) is 61.4 Å². The lowest BCUT2D eigenvalue weighted by Crippen LogP contribution is -2.51. The van der Waals surface area contributed by atoms with Crippen molar-refractivity contribution in [3.05, 3.63) is 52.7 Å². The van der Waals surface area contributed by atoms with Crippen LogP contribution in [0.1, 0.15) is 42.7 Å². The Morgan fingerprint density at radius 1 is 1.32 bits per heavy atom. The van der Waals surface area contributed by atoms with Crippen molar-refractivity contribution in [2.45, 2.75) is 44.2 Å². The average Bonchev–Trinajstić information content (AvgIpc) is 3.58. The first-order chi connectivity index (χ1) is 13.6. The Morgan fingerprint density at radius 3 is 2.93 bits per heavy atom. The number of urea groups is 1. The van der Waals surface area contributed by atoms with Crippen molar-refractivity contribution in [1.29, 1.82) is 0 Å². The molecule has 1 aromatic heterocycles. The van der Waals surface area contributed by atoms with Gasteiger partial charge in [0.05, 0.1) is 6.04 Å². The van der Waals surface area contributed by atoms with Crippen molar-refractivity contribution in [2.24, 2.45) is 0 Å². The second-order valence-corrected chi connectivity index (χ2v) is 8.13. The largest absolute Gasteiger partial charge is 0.353 e. The van der Waals surface area contributed by atoms with Crippen LogP contribution in [0.25, 0.3) is 0 Å². The minimum absolute atomic E-state index is 0.0473. The predicted molar refractivity (Wildman–Crippen MR) is 111 cm³/mol. The lowest BCUT2D eigenvalue weighted by molar-refractivity contribution is 0.182. The number of carbonyl (C=O) groups excluding carboxylic acids is 1. The molecule has 2 aliphatic rings. The molecule has 2 aromatic rings. The van der Waals surface area contributed by atoms with E-state index in [-0.39, 0.29) is 12.1 Å². The Bertz CT molecular complexity index is 827. The molecule has 2 heterocycles. The fourth-order valence-corrected chi connectivity index (χ4v) is 4.09. The number of nitrogens with zero attached hydrogens (tertiary/aromatic N) is 4. The summed E-state index contributed by atoms with van der Waals surface area (Å²) in [5.41, 5.74) is 2.31. The summed E-state index contributed by atoms with van der Waals surface area (Å²) in [4.78, 5) is 16.7. The molecule has 1 N–H and O–H groups in total. The van der Waals surface area contributed by atoms with Crippen molar-refractivity contribution in [1.82, 2.24) is 20.4 Å². The zero-order valence-electron chi connectivity index (χ0n) is 16.1. The molecule has 1 saturated heterocycles. The van der Waals surface area contributed by atoms with Crippen molar-refractivity contribution >= 4 is 23.4 Å². The zero-order chi connectivity index (χ0) is 19.5. The summed E-state index contributed by atoms with van der Waals surface area (Å²) in [7, 11) is 1.87. The number of piperidine rings is 1. The van der Waals surface area contributed by atoms with Gasteiger partial charge in [-0.2, -0.15) is 5.10 Å². The van der Waals surface area contributed by atoms with E-state index in [1.807, 2.05) is 36.2 Å². The Morgan fingerprint density at radius 2 is 2.18 bits per heavy atom. The molecule has 2 fully saturated rings. The van der Waals surface area contributed by atoms with Gasteiger partial charge in [0, 0.05) is 37.9 Å². The number of anilines is 1. The van der Waals surface area contributed by atoms with E-state index in [0.717, 1.165) is 42.3 Å². The van der Waals surface area contributed by atoms with Crippen LogP contribution in [0.4, 0.5) is 10.6 Å². The number of likely N-dealkylation sites (N-methyl/N-ethyl adjacent to an activating group) is 1. The second-order valence-electron chi connectivity index (χ2n) is 7.72. The summed E-state index contributed by atoms with van der Waals surface area (Å²) in [6, 6.07) is 10.0. The van der Waals surface area contributed by atoms with Crippen LogP contribution in [0, 0.1) is 0 Å². The number of aromatic nitrogens is 2. The molecule has 0 spiro atoms. The molecule has 7 heteroatoms. The van der Waals surface area contributed by atoms with Gasteiger partial charge < -0.3 is 15.1 Å². The van der Waals surface area contributed by atoms with E-state index in [4.69, 9.17) is 11.6 Å². The second kappa shape index (κ2) is 8.35. The molecule has 6 nitrogen and oxygen atoms in total. The Balaban J connectivity index is 1.33. The predicted octanol–water partition coefficient (Wildman–Crippen LogP) is 3.82. The van der Waals surface area contributed by atoms with Crippen LogP contribution in [0.5, 0.6) is 0 Å². The third-order valence-corrected chi connectivity index (χ3v) is 6.01. The molecular weight excluding hydrogens is 374 g/mol. The number of carbonyl (C=O) groups is 1. The highest BCUT2D eigenvalue weighted by molar-refractivity contribution is 6.31. The number of halogens is 1.